The minimum absolute atomic E-state index is 0.126. The van der Waals surface area contributed by atoms with Gasteiger partial charge < -0.3 is 19.6 Å². The summed E-state index contributed by atoms with van der Waals surface area (Å²) in [6.07, 6.45) is 3.28. The van der Waals surface area contributed by atoms with Gasteiger partial charge in [0.05, 0.1) is 0 Å². The van der Waals surface area contributed by atoms with Crippen LogP contribution in [-0.2, 0) is 6.54 Å². The summed E-state index contributed by atoms with van der Waals surface area (Å²) in [6, 6.07) is 5.65. The zero-order chi connectivity index (χ0) is 20.6. The van der Waals surface area contributed by atoms with Crippen molar-refractivity contribution in [3.05, 3.63) is 58.7 Å². The Morgan fingerprint density at radius 1 is 1.31 bits per heavy atom. The number of nitro groups is 1. The van der Waals surface area contributed by atoms with E-state index in [4.69, 9.17) is 9.47 Å². The molecular weight excluding hydrogens is 388 g/mol. The third-order valence-electron chi connectivity index (χ3n) is 4.52. The number of imidazole rings is 1. The molecular formula is C18H15F2N5O4. The molecule has 4 heterocycles. The van der Waals surface area contributed by atoms with Gasteiger partial charge in [-0.05, 0) is 30.0 Å². The molecule has 0 spiro atoms. The summed E-state index contributed by atoms with van der Waals surface area (Å²) < 4.78 is 39.8. The van der Waals surface area contributed by atoms with Gasteiger partial charge in [0.15, 0.2) is 0 Å². The second-order valence-corrected chi connectivity index (χ2v) is 6.78. The van der Waals surface area contributed by atoms with Crippen molar-refractivity contribution in [1.29, 1.82) is 0 Å². The van der Waals surface area contributed by atoms with Crippen LogP contribution in [0.4, 0.5) is 14.6 Å². The molecule has 1 aliphatic rings. The SMILES string of the molecule is CC1(COc2ccc(-c3ccc(F)nc3F)cn2)CCn2cc([N+](=O)[O-])nc2O1. The molecule has 0 radical (unpaired) electrons. The first-order chi connectivity index (χ1) is 13.8. The van der Waals surface area contributed by atoms with Gasteiger partial charge in [-0.3, -0.25) is 4.57 Å². The van der Waals surface area contributed by atoms with E-state index in [1.165, 1.54) is 18.5 Å². The van der Waals surface area contributed by atoms with Crippen LogP contribution in [0.25, 0.3) is 11.1 Å². The molecule has 9 nitrogen and oxygen atoms in total. The fourth-order valence-corrected chi connectivity index (χ4v) is 2.92. The standard InChI is InChI=1S/C18H15F2N5O4/c1-18(6-7-24-9-14(25(26)27)23-17(24)29-18)10-28-15-5-2-11(8-21-15)12-3-4-13(19)22-16(12)20/h2-5,8-9H,6-7,10H2,1H3. The Balaban J connectivity index is 1.43. The first kappa shape index (κ1) is 18.7. The lowest BCUT2D eigenvalue weighted by molar-refractivity contribution is -0.389. The Morgan fingerprint density at radius 3 is 2.83 bits per heavy atom. The Labute approximate surface area is 163 Å². The molecule has 3 aromatic rings. The molecule has 150 valence electrons. The second-order valence-electron chi connectivity index (χ2n) is 6.78. The van der Waals surface area contributed by atoms with Crippen LogP contribution in [-0.4, -0.2) is 36.7 Å². The summed E-state index contributed by atoms with van der Waals surface area (Å²) in [5, 5.41) is 10.9. The highest BCUT2D eigenvalue weighted by Crippen LogP contribution is 2.30. The predicted octanol–water partition coefficient (Wildman–Crippen LogP) is 3.15. The van der Waals surface area contributed by atoms with E-state index >= 15 is 0 Å². The molecule has 0 bridgehead atoms. The van der Waals surface area contributed by atoms with Crippen LogP contribution in [0.2, 0.25) is 0 Å². The number of halogens is 2. The zero-order valence-corrected chi connectivity index (χ0v) is 15.2. The van der Waals surface area contributed by atoms with Gasteiger partial charge >= 0.3 is 11.8 Å². The van der Waals surface area contributed by atoms with E-state index in [1.54, 1.807) is 16.7 Å². The summed E-state index contributed by atoms with van der Waals surface area (Å²) in [6.45, 7) is 2.44. The third-order valence-corrected chi connectivity index (χ3v) is 4.52. The van der Waals surface area contributed by atoms with Gasteiger partial charge in [0.25, 0.3) is 0 Å². The van der Waals surface area contributed by atoms with Crippen molar-refractivity contribution < 1.29 is 23.2 Å². The number of ether oxygens (including phenoxy) is 2. The van der Waals surface area contributed by atoms with E-state index < -0.39 is 22.4 Å². The lowest BCUT2D eigenvalue weighted by Crippen LogP contribution is -2.43. The maximum Gasteiger partial charge on any atom is 0.414 e. The first-order valence-electron chi connectivity index (χ1n) is 8.65. The van der Waals surface area contributed by atoms with E-state index in [2.05, 4.69) is 15.0 Å². The molecule has 0 amide bonds. The van der Waals surface area contributed by atoms with Gasteiger partial charge in [0.1, 0.15) is 18.4 Å². The predicted molar refractivity (Wildman–Crippen MR) is 95.4 cm³/mol. The van der Waals surface area contributed by atoms with E-state index in [-0.39, 0.29) is 29.9 Å². The molecule has 0 aromatic carbocycles. The van der Waals surface area contributed by atoms with Crippen LogP contribution >= 0.6 is 0 Å². The maximum absolute atomic E-state index is 13.8. The van der Waals surface area contributed by atoms with Crippen LogP contribution in [0.3, 0.4) is 0 Å². The molecule has 29 heavy (non-hydrogen) atoms. The van der Waals surface area contributed by atoms with Crippen LogP contribution in [0.5, 0.6) is 11.9 Å². The summed E-state index contributed by atoms with van der Waals surface area (Å²) in [4.78, 5) is 21.4. The number of aromatic nitrogens is 4. The Hall–Kier alpha value is -3.63. The summed E-state index contributed by atoms with van der Waals surface area (Å²) >= 11 is 0. The van der Waals surface area contributed by atoms with Gasteiger partial charge in [-0.1, -0.05) is 0 Å². The number of hydrogen-bond donors (Lipinski definition) is 0. The topological polar surface area (TPSA) is 105 Å². The Morgan fingerprint density at radius 2 is 2.14 bits per heavy atom. The van der Waals surface area contributed by atoms with Crippen molar-refractivity contribution >= 4 is 5.82 Å². The molecule has 1 unspecified atom stereocenters. The summed E-state index contributed by atoms with van der Waals surface area (Å²) in [5.41, 5.74) is -0.194. The number of aryl methyl sites for hydroxylation is 1. The van der Waals surface area contributed by atoms with E-state index in [1.807, 2.05) is 6.92 Å². The second kappa shape index (κ2) is 7.08. The third kappa shape index (κ3) is 3.84. The van der Waals surface area contributed by atoms with Gasteiger partial charge in [0.2, 0.25) is 17.8 Å². The number of hydrogen-bond acceptors (Lipinski definition) is 7. The van der Waals surface area contributed by atoms with Crippen molar-refractivity contribution in [3.8, 4) is 23.0 Å². The highest BCUT2D eigenvalue weighted by atomic mass is 19.1. The minimum Gasteiger partial charge on any atom is -0.473 e. The molecule has 4 rings (SSSR count). The monoisotopic (exact) mass is 403 g/mol. The lowest BCUT2D eigenvalue weighted by Gasteiger charge is -2.32. The number of pyridine rings is 2. The zero-order valence-electron chi connectivity index (χ0n) is 15.2. The molecule has 0 saturated heterocycles. The smallest absolute Gasteiger partial charge is 0.414 e. The quantitative estimate of drug-likeness (QED) is 0.366. The molecule has 0 fully saturated rings. The van der Waals surface area contributed by atoms with Crippen LogP contribution < -0.4 is 9.47 Å². The lowest BCUT2D eigenvalue weighted by atomic mass is 10.0. The van der Waals surface area contributed by atoms with Crippen LogP contribution in [0.1, 0.15) is 13.3 Å². The van der Waals surface area contributed by atoms with Gasteiger partial charge in [0, 0.05) is 41.3 Å². The summed E-state index contributed by atoms with van der Waals surface area (Å²) in [5.74, 6) is -1.81. The van der Waals surface area contributed by atoms with Gasteiger partial charge in [-0.15, -0.1) is 0 Å². The molecule has 0 aliphatic carbocycles. The number of fused-ring (bicyclic) bond motifs is 1. The fourth-order valence-electron chi connectivity index (χ4n) is 2.92. The number of nitrogens with zero attached hydrogens (tertiary/aromatic N) is 5. The van der Waals surface area contributed by atoms with Gasteiger partial charge in [-0.25, -0.2) is 4.98 Å². The van der Waals surface area contributed by atoms with Crippen molar-refractivity contribution in [2.45, 2.75) is 25.5 Å². The van der Waals surface area contributed by atoms with E-state index in [9.17, 15) is 18.9 Å². The van der Waals surface area contributed by atoms with Gasteiger partial charge in [-0.2, -0.15) is 13.8 Å². The first-order valence-corrected chi connectivity index (χ1v) is 8.65. The highest BCUT2D eigenvalue weighted by molar-refractivity contribution is 5.62. The normalized spacial score (nSPS) is 18.0. The van der Waals surface area contributed by atoms with Crippen molar-refractivity contribution in [2.24, 2.45) is 0 Å². The molecule has 1 atom stereocenters. The van der Waals surface area contributed by atoms with Crippen LogP contribution in [0.15, 0.2) is 36.7 Å². The highest BCUT2D eigenvalue weighted by Gasteiger charge is 2.37. The molecule has 3 aromatic heterocycles. The van der Waals surface area contributed by atoms with E-state index in [0.717, 1.165) is 6.07 Å². The van der Waals surface area contributed by atoms with Crippen molar-refractivity contribution in [2.75, 3.05) is 6.61 Å². The number of rotatable bonds is 5. The molecule has 1 aliphatic heterocycles. The molecule has 0 saturated carbocycles. The maximum atomic E-state index is 13.8. The van der Waals surface area contributed by atoms with E-state index in [0.29, 0.717) is 18.5 Å². The average molecular weight is 403 g/mol. The molecule has 11 heteroatoms. The largest absolute Gasteiger partial charge is 0.473 e. The Bertz CT molecular complexity index is 1070. The Kier molecular flexibility index (Phi) is 4.57. The fraction of sp³-hybridized carbons (Fsp3) is 0.278. The van der Waals surface area contributed by atoms with Crippen molar-refractivity contribution in [1.82, 2.24) is 19.5 Å². The summed E-state index contributed by atoms with van der Waals surface area (Å²) in [7, 11) is 0. The van der Waals surface area contributed by atoms with Crippen LogP contribution in [0, 0.1) is 22.0 Å². The molecule has 0 N–H and O–H groups in total. The van der Waals surface area contributed by atoms with Crippen molar-refractivity contribution in [3.63, 3.8) is 0 Å². The average Bonchev–Trinajstić information content (AvgIpc) is 3.10. The minimum atomic E-state index is -0.923.